The van der Waals surface area contributed by atoms with E-state index in [4.69, 9.17) is 21.8 Å². The Bertz CT molecular complexity index is 1090. The van der Waals surface area contributed by atoms with Crippen LogP contribution in [0.15, 0.2) is 47.3 Å². The van der Waals surface area contributed by atoms with Gasteiger partial charge in [-0.2, -0.15) is 0 Å². The summed E-state index contributed by atoms with van der Waals surface area (Å²) in [4.78, 5) is 39.5. The van der Waals surface area contributed by atoms with Crippen LogP contribution in [-0.4, -0.2) is 38.2 Å². The van der Waals surface area contributed by atoms with Gasteiger partial charge in [0.25, 0.3) is 5.56 Å². The Labute approximate surface area is 174 Å². The molecule has 0 atom stereocenters. The van der Waals surface area contributed by atoms with Crippen LogP contribution in [0.1, 0.15) is 13.8 Å². The Morgan fingerprint density at radius 3 is 2.28 bits per heavy atom. The lowest BCUT2D eigenvalue weighted by atomic mass is 10.2. The highest BCUT2D eigenvalue weighted by molar-refractivity contribution is 7.22. The Morgan fingerprint density at radius 2 is 1.76 bits per heavy atom. The highest BCUT2D eigenvalue weighted by Crippen LogP contribution is 2.31. The lowest BCUT2D eigenvalue weighted by molar-refractivity contribution is -0.134. The maximum Gasteiger partial charge on any atom is 0.328 e. The number of thiophene rings is 1. The fourth-order valence-electron chi connectivity index (χ4n) is 2.18. The van der Waals surface area contributed by atoms with Crippen LogP contribution in [-0.2, 0) is 9.59 Å². The third-order valence-electron chi connectivity index (χ3n) is 3.31. The summed E-state index contributed by atoms with van der Waals surface area (Å²) in [6, 6.07) is 9.70. The summed E-state index contributed by atoms with van der Waals surface area (Å²) < 4.78 is 0.634. The SMILES string of the molecule is CC(C)Nc1nc2cc(-c3ccc(Cl)cc3)sc2c(=O)[nH]1.O=C(O)/C=C/C(=O)O. The first kappa shape index (κ1) is 22.1. The van der Waals surface area contributed by atoms with Gasteiger partial charge in [0.2, 0.25) is 5.95 Å². The van der Waals surface area contributed by atoms with Gasteiger partial charge in [0, 0.05) is 28.1 Å². The topological polar surface area (TPSA) is 132 Å². The minimum Gasteiger partial charge on any atom is -0.478 e. The number of carboxylic acid groups (broad SMARTS) is 2. The number of aromatic amines is 1. The summed E-state index contributed by atoms with van der Waals surface area (Å²) in [7, 11) is 0. The maximum atomic E-state index is 12.1. The van der Waals surface area contributed by atoms with E-state index in [0.717, 1.165) is 10.4 Å². The molecule has 8 nitrogen and oxygen atoms in total. The number of benzene rings is 1. The maximum absolute atomic E-state index is 12.1. The number of carbonyl (C=O) groups is 2. The van der Waals surface area contributed by atoms with Gasteiger partial charge in [-0.15, -0.1) is 11.3 Å². The fraction of sp³-hybridized carbons (Fsp3) is 0.158. The molecule has 0 fully saturated rings. The minimum atomic E-state index is -1.26. The van der Waals surface area contributed by atoms with Crippen LogP contribution in [0, 0.1) is 0 Å². The van der Waals surface area contributed by atoms with Gasteiger partial charge in [0.1, 0.15) is 4.70 Å². The zero-order chi connectivity index (χ0) is 21.6. The number of carboxylic acids is 2. The molecular weight excluding hydrogens is 418 g/mol. The lowest BCUT2D eigenvalue weighted by Gasteiger charge is -2.07. The molecule has 152 valence electrons. The van der Waals surface area contributed by atoms with E-state index in [1.54, 1.807) is 0 Å². The zero-order valence-electron chi connectivity index (χ0n) is 15.5. The smallest absolute Gasteiger partial charge is 0.328 e. The van der Waals surface area contributed by atoms with E-state index in [1.165, 1.54) is 11.3 Å². The van der Waals surface area contributed by atoms with Gasteiger partial charge in [-0.05, 0) is 37.6 Å². The van der Waals surface area contributed by atoms with E-state index in [0.29, 0.717) is 33.3 Å². The number of fused-ring (bicyclic) bond motifs is 1. The van der Waals surface area contributed by atoms with Crippen molar-refractivity contribution in [3.8, 4) is 10.4 Å². The van der Waals surface area contributed by atoms with Crippen molar-refractivity contribution in [3.05, 3.63) is 57.9 Å². The number of nitrogens with one attached hydrogen (secondary N) is 2. The number of aromatic nitrogens is 2. The summed E-state index contributed by atoms with van der Waals surface area (Å²) in [5, 5.41) is 19.4. The Morgan fingerprint density at radius 1 is 1.17 bits per heavy atom. The normalized spacial score (nSPS) is 10.8. The zero-order valence-corrected chi connectivity index (χ0v) is 17.0. The van der Waals surface area contributed by atoms with Crippen molar-refractivity contribution in [2.75, 3.05) is 5.32 Å². The third-order valence-corrected chi connectivity index (χ3v) is 4.73. The quantitative estimate of drug-likeness (QED) is 0.447. The standard InChI is InChI=1S/C15H14ClN3OS.C4H4O4/c1-8(2)17-15-18-11-7-12(21-13(11)14(20)19-15)9-3-5-10(16)6-4-9;5-3(6)1-2-4(7)8/h3-8H,1-2H3,(H2,17,18,19,20);1-2H,(H,5,6)(H,7,8)/b;2-1+. The average molecular weight is 436 g/mol. The number of hydrogen-bond acceptors (Lipinski definition) is 6. The molecule has 0 aliphatic carbocycles. The molecule has 0 aliphatic rings. The van der Waals surface area contributed by atoms with Gasteiger partial charge >= 0.3 is 11.9 Å². The molecular formula is C19H18ClN3O5S. The van der Waals surface area contributed by atoms with Crippen LogP contribution >= 0.6 is 22.9 Å². The van der Waals surface area contributed by atoms with Crippen molar-refractivity contribution < 1.29 is 19.8 Å². The number of rotatable bonds is 5. The van der Waals surface area contributed by atoms with Crippen molar-refractivity contribution in [1.29, 1.82) is 0 Å². The first-order valence-electron chi connectivity index (χ1n) is 8.36. The Kier molecular flexibility index (Phi) is 7.52. The predicted octanol–water partition coefficient (Wildman–Crippen LogP) is 3.84. The number of halogens is 1. The minimum absolute atomic E-state index is 0.117. The number of H-pyrrole nitrogens is 1. The van der Waals surface area contributed by atoms with Crippen LogP contribution in [0.3, 0.4) is 0 Å². The monoisotopic (exact) mass is 435 g/mol. The van der Waals surface area contributed by atoms with Crippen molar-refractivity contribution in [2.24, 2.45) is 0 Å². The summed E-state index contributed by atoms with van der Waals surface area (Å²) >= 11 is 7.33. The molecule has 0 aliphatic heterocycles. The second kappa shape index (κ2) is 9.85. The summed E-state index contributed by atoms with van der Waals surface area (Å²) in [5.41, 5.74) is 1.62. The molecule has 0 bridgehead atoms. The fourth-order valence-corrected chi connectivity index (χ4v) is 3.30. The molecule has 3 rings (SSSR count). The molecule has 10 heteroatoms. The van der Waals surface area contributed by atoms with Crippen LogP contribution in [0.4, 0.5) is 5.95 Å². The lowest BCUT2D eigenvalue weighted by Crippen LogP contribution is -2.16. The number of aliphatic carboxylic acids is 2. The number of anilines is 1. The molecule has 2 heterocycles. The molecule has 0 saturated carbocycles. The summed E-state index contributed by atoms with van der Waals surface area (Å²) in [6.45, 7) is 3.99. The molecule has 29 heavy (non-hydrogen) atoms. The van der Waals surface area contributed by atoms with E-state index in [9.17, 15) is 14.4 Å². The third kappa shape index (κ3) is 6.74. The van der Waals surface area contributed by atoms with Crippen LogP contribution in [0.5, 0.6) is 0 Å². The first-order valence-corrected chi connectivity index (χ1v) is 9.55. The van der Waals surface area contributed by atoms with Gasteiger partial charge < -0.3 is 15.5 Å². The van der Waals surface area contributed by atoms with Gasteiger partial charge in [0.05, 0.1) is 5.52 Å². The Hall–Kier alpha value is -3.17. The van der Waals surface area contributed by atoms with Crippen molar-refractivity contribution >= 4 is 51.0 Å². The second-order valence-corrected chi connectivity index (χ2v) is 7.54. The van der Waals surface area contributed by atoms with E-state index in [2.05, 4.69) is 15.3 Å². The number of nitrogens with zero attached hydrogens (tertiary/aromatic N) is 1. The largest absolute Gasteiger partial charge is 0.478 e. The molecule has 3 aromatic rings. The molecule has 0 radical (unpaired) electrons. The van der Waals surface area contributed by atoms with E-state index in [1.807, 2.05) is 44.2 Å². The molecule has 2 aromatic heterocycles. The highest BCUT2D eigenvalue weighted by Gasteiger charge is 2.10. The second-order valence-electron chi connectivity index (χ2n) is 6.06. The molecule has 0 amide bonds. The van der Waals surface area contributed by atoms with Gasteiger partial charge in [-0.1, -0.05) is 23.7 Å². The molecule has 0 spiro atoms. The molecule has 4 N–H and O–H groups in total. The molecule has 1 aromatic carbocycles. The highest BCUT2D eigenvalue weighted by atomic mass is 35.5. The Balaban J connectivity index is 0.000000321. The van der Waals surface area contributed by atoms with E-state index in [-0.39, 0.29) is 11.6 Å². The van der Waals surface area contributed by atoms with Crippen molar-refractivity contribution in [1.82, 2.24) is 9.97 Å². The van der Waals surface area contributed by atoms with Crippen LogP contribution < -0.4 is 10.9 Å². The predicted molar refractivity (Wildman–Crippen MR) is 114 cm³/mol. The van der Waals surface area contributed by atoms with Gasteiger partial charge in [0.15, 0.2) is 0 Å². The molecule has 0 unspecified atom stereocenters. The average Bonchev–Trinajstić information content (AvgIpc) is 3.05. The van der Waals surface area contributed by atoms with Crippen molar-refractivity contribution in [2.45, 2.75) is 19.9 Å². The van der Waals surface area contributed by atoms with E-state index < -0.39 is 11.9 Å². The van der Waals surface area contributed by atoms with Crippen molar-refractivity contribution in [3.63, 3.8) is 0 Å². The van der Waals surface area contributed by atoms with Crippen LogP contribution in [0.25, 0.3) is 20.7 Å². The molecule has 0 saturated heterocycles. The summed E-state index contributed by atoms with van der Waals surface area (Å²) in [6.07, 6.45) is 1.12. The van der Waals surface area contributed by atoms with Gasteiger partial charge in [-0.3, -0.25) is 9.78 Å². The number of hydrogen-bond donors (Lipinski definition) is 4. The van der Waals surface area contributed by atoms with Gasteiger partial charge in [-0.25, -0.2) is 14.6 Å². The van der Waals surface area contributed by atoms with E-state index >= 15 is 0 Å². The van der Waals surface area contributed by atoms with Crippen LogP contribution in [0.2, 0.25) is 5.02 Å². The first-order chi connectivity index (χ1) is 13.7. The summed E-state index contributed by atoms with van der Waals surface area (Å²) in [5.74, 6) is -2.01.